The van der Waals surface area contributed by atoms with Crippen LogP contribution >= 0.6 is 24.0 Å². The van der Waals surface area contributed by atoms with Crippen LogP contribution in [0.25, 0.3) is 0 Å². The Morgan fingerprint density at radius 3 is 2.86 bits per heavy atom. The van der Waals surface area contributed by atoms with Crippen LogP contribution < -0.4 is 10.6 Å². The molecule has 8 heteroatoms. The van der Waals surface area contributed by atoms with Gasteiger partial charge in [-0.25, -0.2) is 4.99 Å². The van der Waals surface area contributed by atoms with Crippen LogP contribution in [0.1, 0.15) is 37.5 Å². The van der Waals surface area contributed by atoms with Gasteiger partial charge in [0, 0.05) is 26.1 Å². The molecular formula is C20H31IN6O. The van der Waals surface area contributed by atoms with Crippen molar-refractivity contribution in [3.63, 3.8) is 0 Å². The molecule has 0 saturated heterocycles. The van der Waals surface area contributed by atoms with Crippen molar-refractivity contribution in [2.75, 3.05) is 19.7 Å². The minimum absolute atomic E-state index is 0. The van der Waals surface area contributed by atoms with E-state index in [9.17, 15) is 0 Å². The number of hydrogen-bond donors (Lipinski definition) is 2. The lowest BCUT2D eigenvalue weighted by molar-refractivity contribution is 0.0931. The molecule has 0 spiro atoms. The fourth-order valence-electron chi connectivity index (χ4n) is 3.10. The maximum atomic E-state index is 5.82. The lowest BCUT2D eigenvalue weighted by atomic mass is 10.2. The van der Waals surface area contributed by atoms with E-state index in [1.807, 2.05) is 18.2 Å². The van der Waals surface area contributed by atoms with E-state index < -0.39 is 0 Å². The third kappa shape index (κ3) is 6.73. The third-order valence-corrected chi connectivity index (χ3v) is 4.54. The van der Waals surface area contributed by atoms with Gasteiger partial charge >= 0.3 is 0 Å². The van der Waals surface area contributed by atoms with Crippen molar-refractivity contribution in [3.05, 3.63) is 47.5 Å². The summed E-state index contributed by atoms with van der Waals surface area (Å²) in [5.41, 5.74) is 1.20. The number of aryl methyl sites for hydroxylation is 1. The van der Waals surface area contributed by atoms with Crippen LogP contribution in [0.5, 0.6) is 0 Å². The first kappa shape index (κ1) is 22.6. The number of guanidine groups is 1. The largest absolute Gasteiger partial charge is 0.376 e. The highest BCUT2D eigenvalue weighted by atomic mass is 127. The molecular weight excluding hydrogens is 467 g/mol. The zero-order valence-electron chi connectivity index (χ0n) is 16.7. The van der Waals surface area contributed by atoms with Gasteiger partial charge in [0.05, 0.1) is 13.2 Å². The Labute approximate surface area is 184 Å². The molecule has 1 aromatic heterocycles. The van der Waals surface area contributed by atoms with Crippen molar-refractivity contribution >= 4 is 29.9 Å². The molecule has 0 amide bonds. The molecule has 2 aromatic rings. The number of hydrogen-bond acceptors (Lipinski definition) is 4. The van der Waals surface area contributed by atoms with Crippen molar-refractivity contribution in [2.24, 2.45) is 10.9 Å². The van der Waals surface area contributed by atoms with Crippen LogP contribution in [0.3, 0.4) is 0 Å². The predicted molar refractivity (Wildman–Crippen MR) is 122 cm³/mol. The van der Waals surface area contributed by atoms with Crippen LogP contribution in [0.4, 0.5) is 0 Å². The number of aliphatic imine (C=N–C) groups is 1. The quantitative estimate of drug-likeness (QED) is 0.316. The Hall–Kier alpha value is -1.68. The van der Waals surface area contributed by atoms with Gasteiger partial charge in [-0.3, -0.25) is 0 Å². The van der Waals surface area contributed by atoms with Crippen molar-refractivity contribution in [2.45, 2.75) is 46.4 Å². The summed E-state index contributed by atoms with van der Waals surface area (Å²) < 4.78 is 8.01. The van der Waals surface area contributed by atoms with Gasteiger partial charge in [-0.2, -0.15) is 0 Å². The second-order valence-electron chi connectivity index (χ2n) is 6.97. The van der Waals surface area contributed by atoms with Crippen molar-refractivity contribution < 1.29 is 4.74 Å². The molecule has 0 bridgehead atoms. The molecule has 1 atom stereocenters. The summed E-state index contributed by atoms with van der Waals surface area (Å²) in [6.45, 7) is 8.77. The van der Waals surface area contributed by atoms with Gasteiger partial charge < -0.3 is 19.9 Å². The zero-order chi connectivity index (χ0) is 18.9. The average Bonchev–Trinajstić information content (AvgIpc) is 3.29. The second-order valence-corrected chi connectivity index (χ2v) is 6.97. The molecule has 2 N–H and O–H groups in total. The number of nitrogens with one attached hydrogen (secondary N) is 2. The van der Waals surface area contributed by atoms with E-state index in [1.54, 1.807) is 0 Å². The minimum atomic E-state index is 0. The van der Waals surface area contributed by atoms with Gasteiger partial charge in [-0.15, -0.1) is 34.2 Å². The predicted octanol–water partition coefficient (Wildman–Crippen LogP) is 2.75. The first-order chi connectivity index (χ1) is 13.3. The van der Waals surface area contributed by atoms with Crippen molar-refractivity contribution in [1.29, 1.82) is 0 Å². The lowest BCUT2D eigenvalue weighted by Gasteiger charge is -2.16. The van der Waals surface area contributed by atoms with Crippen LogP contribution in [-0.2, 0) is 30.9 Å². The number of fused-ring (bicyclic) bond motifs is 1. The average molecular weight is 498 g/mol. The summed E-state index contributed by atoms with van der Waals surface area (Å²) in [5, 5.41) is 15.2. The lowest BCUT2D eigenvalue weighted by Crippen LogP contribution is -2.40. The Kier molecular flexibility index (Phi) is 9.69. The number of benzene rings is 1. The Balaban J connectivity index is 0.00000280. The standard InChI is InChI=1S/C20H30N6O.HI/c1-3-21-20(23-13-19-25-24-18-10-7-11-26(18)19)22-12-16(2)14-27-15-17-8-5-4-6-9-17;/h4-6,8-9,16H,3,7,10-15H2,1-2H3,(H2,21,22,23);1H. The molecule has 0 radical (unpaired) electrons. The molecule has 2 heterocycles. The first-order valence-corrected chi connectivity index (χ1v) is 9.81. The van der Waals surface area contributed by atoms with E-state index in [1.165, 1.54) is 5.56 Å². The van der Waals surface area contributed by atoms with Crippen molar-refractivity contribution in [3.8, 4) is 0 Å². The van der Waals surface area contributed by atoms with Gasteiger partial charge in [0.25, 0.3) is 0 Å². The molecule has 1 aliphatic rings. The molecule has 3 rings (SSSR count). The van der Waals surface area contributed by atoms with E-state index in [0.29, 0.717) is 25.7 Å². The third-order valence-electron chi connectivity index (χ3n) is 4.54. The van der Waals surface area contributed by atoms with E-state index in [4.69, 9.17) is 4.74 Å². The summed E-state index contributed by atoms with van der Waals surface area (Å²) in [5.74, 6) is 3.22. The summed E-state index contributed by atoms with van der Waals surface area (Å²) in [6, 6.07) is 10.3. The SMILES string of the molecule is CCNC(=NCc1nnc2n1CCC2)NCC(C)COCc1ccccc1.I. The maximum Gasteiger partial charge on any atom is 0.191 e. The molecule has 0 aliphatic carbocycles. The number of nitrogens with zero attached hydrogens (tertiary/aromatic N) is 4. The van der Waals surface area contributed by atoms with Crippen LogP contribution in [0, 0.1) is 5.92 Å². The van der Waals surface area contributed by atoms with E-state index in [-0.39, 0.29) is 24.0 Å². The number of aromatic nitrogens is 3. The highest BCUT2D eigenvalue weighted by Crippen LogP contribution is 2.14. The second kappa shape index (κ2) is 12.0. The van der Waals surface area contributed by atoms with E-state index >= 15 is 0 Å². The van der Waals surface area contributed by atoms with E-state index in [2.05, 4.69) is 56.4 Å². The number of rotatable bonds is 9. The van der Waals surface area contributed by atoms with Crippen LogP contribution in [0.2, 0.25) is 0 Å². The molecule has 1 unspecified atom stereocenters. The number of halogens is 1. The highest BCUT2D eigenvalue weighted by Gasteiger charge is 2.16. The monoisotopic (exact) mass is 498 g/mol. The molecule has 7 nitrogen and oxygen atoms in total. The normalized spacial score (nSPS) is 14.3. The molecule has 1 aromatic carbocycles. The molecule has 0 fully saturated rings. The summed E-state index contributed by atoms with van der Waals surface area (Å²) in [7, 11) is 0. The van der Waals surface area contributed by atoms with Crippen LogP contribution in [-0.4, -0.2) is 40.4 Å². The zero-order valence-corrected chi connectivity index (χ0v) is 19.1. The molecule has 28 heavy (non-hydrogen) atoms. The Morgan fingerprint density at radius 2 is 2.07 bits per heavy atom. The van der Waals surface area contributed by atoms with Gasteiger partial charge in [0.2, 0.25) is 0 Å². The smallest absolute Gasteiger partial charge is 0.191 e. The summed E-state index contributed by atoms with van der Waals surface area (Å²) in [4.78, 5) is 4.66. The van der Waals surface area contributed by atoms with Gasteiger partial charge in [0.1, 0.15) is 12.4 Å². The Morgan fingerprint density at radius 1 is 1.25 bits per heavy atom. The topological polar surface area (TPSA) is 76.4 Å². The number of ether oxygens (including phenoxy) is 1. The first-order valence-electron chi connectivity index (χ1n) is 9.81. The fraction of sp³-hybridized carbons (Fsp3) is 0.550. The summed E-state index contributed by atoms with van der Waals surface area (Å²) in [6.07, 6.45) is 2.18. The fourth-order valence-corrected chi connectivity index (χ4v) is 3.10. The van der Waals surface area contributed by atoms with Gasteiger partial charge in [0.15, 0.2) is 11.8 Å². The highest BCUT2D eigenvalue weighted by molar-refractivity contribution is 14.0. The van der Waals surface area contributed by atoms with Crippen molar-refractivity contribution in [1.82, 2.24) is 25.4 Å². The van der Waals surface area contributed by atoms with E-state index in [0.717, 1.165) is 50.1 Å². The van der Waals surface area contributed by atoms with Gasteiger partial charge in [-0.05, 0) is 24.8 Å². The minimum Gasteiger partial charge on any atom is -0.376 e. The molecule has 0 saturated carbocycles. The molecule has 1 aliphatic heterocycles. The molecule has 154 valence electrons. The summed E-state index contributed by atoms with van der Waals surface area (Å²) >= 11 is 0. The maximum absolute atomic E-state index is 5.82. The van der Waals surface area contributed by atoms with Gasteiger partial charge in [-0.1, -0.05) is 37.3 Å². The Bertz CT molecular complexity index is 734. The van der Waals surface area contributed by atoms with Crippen LogP contribution in [0.15, 0.2) is 35.3 Å².